The Bertz CT molecular complexity index is 4160. The molecular weight excluding hydrogens is 1400 g/mol. The highest BCUT2D eigenvalue weighted by Crippen LogP contribution is 2.28. The monoisotopic (exact) mass is 1490 g/mol. The molecule has 8 amide bonds. The third-order valence-electron chi connectivity index (χ3n) is 18.8. The molecule has 12 rings (SSSR count). The van der Waals surface area contributed by atoms with Crippen LogP contribution < -0.4 is 21.3 Å². The highest BCUT2D eigenvalue weighted by molar-refractivity contribution is 6.45. The van der Waals surface area contributed by atoms with Gasteiger partial charge in [-0.05, 0) is 110 Å². The maximum Gasteiger partial charge on any atom is 0.475 e. The second-order valence-corrected chi connectivity index (χ2v) is 26.8. The van der Waals surface area contributed by atoms with E-state index in [0.717, 1.165) is 74.4 Å². The molecule has 8 aromatic rings. The van der Waals surface area contributed by atoms with Crippen LogP contribution in [-0.2, 0) is 68.7 Å². The van der Waals surface area contributed by atoms with Crippen LogP contribution in [0.5, 0.6) is 0 Å². The number of nitrogens with zero attached hydrogens (tertiary/aromatic N) is 4. The van der Waals surface area contributed by atoms with E-state index in [1.807, 2.05) is 135 Å². The summed E-state index contributed by atoms with van der Waals surface area (Å²) in [7, 11) is -6.80. The number of carbonyl (C=O) groups is 8. The topological polar surface area (TPSA) is 427 Å². The summed E-state index contributed by atoms with van der Waals surface area (Å²) in [5.74, 6) is -4.86. The van der Waals surface area contributed by atoms with E-state index >= 15 is 0 Å². The van der Waals surface area contributed by atoms with E-state index in [0.29, 0.717) is 75.5 Å². The van der Waals surface area contributed by atoms with Crippen molar-refractivity contribution in [1.82, 2.24) is 40.9 Å². The first-order valence-electron chi connectivity index (χ1n) is 36.1. The fourth-order valence-corrected chi connectivity index (χ4v) is 12.8. The maximum absolute atomic E-state index is 12.4. The zero-order valence-electron chi connectivity index (χ0n) is 60.3. The van der Waals surface area contributed by atoms with E-state index in [9.17, 15) is 78.5 Å². The van der Waals surface area contributed by atoms with Crippen LogP contribution in [0.25, 0.3) is 32.9 Å². The number of piperidine rings is 1. The third kappa shape index (κ3) is 24.5. The zero-order valence-corrected chi connectivity index (χ0v) is 60.3. The summed E-state index contributed by atoms with van der Waals surface area (Å²) in [6, 6.07) is 37.6. The number of morpholine rings is 1. The Kier molecular flexibility index (Phi) is 31.0. The van der Waals surface area contributed by atoms with Crippen molar-refractivity contribution in [2.75, 3.05) is 72.2 Å². The Morgan fingerprint density at radius 1 is 0.454 bits per heavy atom. The molecule has 5 aromatic carbocycles. The molecule has 4 fully saturated rings. The predicted molar refractivity (Wildman–Crippen MR) is 399 cm³/mol. The predicted octanol–water partition coefficient (Wildman–Crippen LogP) is 3.23. The molecule has 7 heterocycles. The van der Waals surface area contributed by atoms with Crippen LogP contribution in [0.4, 0.5) is 9.59 Å². The van der Waals surface area contributed by atoms with Crippen molar-refractivity contribution in [2.24, 2.45) is 0 Å². The lowest BCUT2D eigenvalue weighted by molar-refractivity contribution is -0.143. The minimum absolute atomic E-state index is 0.0198. The zero-order chi connectivity index (χ0) is 77.2. The van der Waals surface area contributed by atoms with E-state index in [-0.39, 0.29) is 113 Å². The molecule has 0 radical (unpaired) electrons. The largest absolute Gasteiger partial charge is 0.475 e. The number of likely N-dealkylation sites (tertiary alicyclic amines) is 1. The summed E-state index contributed by atoms with van der Waals surface area (Å²) >= 11 is 0. The summed E-state index contributed by atoms with van der Waals surface area (Å²) in [5, 5.41) is 90.3. The lowest BCUT2D eigenvalue weighted by Gasteiger charge is -2.27. The Morgan fingerprint density at radius 2 is 0.870 bits per heavy atom. The molecule has 34 heteroatoms. The van der Waals surface area contributed by atoms with Crippen LogP contribution in [0.2, 0.25) is 0 Å². The van der Waals surface area contributed by atoms with Gasteiger partial charge in [0.05, 0.1) is 62.3 Å². The number of rotatable bonds is 29. The van der Waals surface area contributed by atoms with Crippen LogP contribution in [0, 0.1) is 13.8 Å². The normalized spacial score (nSPS) is 16.1. The van der Waals surface area contributed by atoms with Crippen molar-refractivity contribution < 1.29 is 106 Å². The molecule has 4 aliphatic rings. The van der Waals surface area contributed by atoms with E-state index in [1.165, 1.54) is 9.80 Å². The molecule has 0 spiro atoms. The molecule has 5 atom stereocenters. The van der Waals surface area contributed by atoms with E-state index in [1.54, 1.807) is 28.6 Å². The first-order chi connectivity index (χ1) is 52.0. The van der Waals surface area contributed by atoms with Crippen LogP contribution in [-0.4, -0.2) is 232 Å². The quantitative estimate of drug-likeness (QED) is 0.0299. The van der Waals surface area contributed by atoms with Crippen LogP contribution in [0.3, 0.4) is 0 Å². The number of para-hydroxylation sites is 3. The van der Waals surface area contributed by atoms with E-state index < -0.39 is 64.4 Å². The smallest absolute Gasteiger partial charge is 0.464 e. The lowest BCUT2D eigenvalue weighted by atomic mass is 9.75. The summed E-state index contributed by atoms with van der Waals surface area (Å²) in [4.78, 5) is 102. The fraction of sp³-hybridized carbons (Fsp3) is 0.405. The van der Waals surface area contributed by atoms with Crippen LogP contribution >= 0.6 is 0 Å². The number of nitrogens with one attached hydrogen (secondary N) is 4. The van der Waals surface area contributed by atoms with Crippen molar-refractivity contribution in [1.29, 1.82) is 0 Å². The Labute approximate surface area is 625 Å². The third-order valence-corrected chi connectivity index (χ3v) is 18.8. The Morgan fingerprint density at radius 3 is 1.31 bits per heavy atom. The number of furan rings is 3. The second kappa shape index (κ2) is 40.8. The molecule has 30 nitrogen and oxygen atoms in total. The lowest BCUT2D eigenvalue weighted by Crippen LogP contribution is -2.49. The van der Waals surface area contributed by atoms with Gasteiger partial charge in [-0.15, -0.1) is 0 Å². The highest BCUT2D eigenvalue weighted by Gasteiger charge is 2.35. The minimum Gasteiger partial charge on any atom is -0.464 e. The molecule has 12 N–H and O–H groups in total. The van der Waals surface area contributed by atoms with Crippen molar-refractivity contribution in [3.63, 3.8) is 0 Å². The number of hydrogen-bond donors (Lipinski definition) is 12. The minimum atomic E-state index is -1.74. The molecule has 4 aliphatic heterocycles. The Balaban J connectivity index is 0.000000167. The van der Waals surface area contributed by atoms with Gasteiger partial charge < -0.3 is 109 Å². The molecule has 108 heavy (non-hydrogen) atoms. The number of aryl methyl sites for hydroxylation is 2. The number of amides is 8. The van der Waals surface area contributed by atoms with Gasteiger partial charge in [0, 0.05) is 94.1 Å². The van der Waals surface area contributed by atoms with Gasteiger partial charge in [-0.2, -0.15) is 0 Å². The van der Waals surface area contributed by atoms with Crippen LogP contribution in [0.15, 0.2) is 153 Å². The second-order valence-electron chi connectivity index (χ2n) is 26.8. The van der Waals surface area contributed by atoms with Crippen molar-refractivity contribution in [3.8, 4) is 0 Å². The van der Waals surface area contributed by atoms with Crippen molar-refractivity contribution in [2.45, 2.75) is 121 Å². The number of carbonyl (C=O) groups excluding carboxylic acids is 8. The molecular formula is C74H92B4N8O22. The van der Waals surface area contributed by atoms with E-state index in [4.69, 9.17) is 27.5 Å². The molecule has 572 valence electrons. The van der Waals surface area contributed by atoms with Crippen LogP contribution in [0.1, 0.15) is 96.4 Å². The molecule has 1 unspecified atom stereocenters. The van der Waals surface area contributed by atoms with Gasteiger partial charge in [-0.1, -0.05) is 109 Å². The average Bonchev–Trinajstić information content (AvgIpc) is 1.70. The van der Waals surface area contributed by atoms with Gasteiger partial charge in [-0.3, -0.25) is 28.8 Å². The van der Waals surface area contributed by atoms with Gasteiger partial charge in [0.1, 0.15) is 29.5 Å². The maximum atomic E-state index is 12.4. The SMILES string of the molecule is Cc1ccc(C[C@H](NC(=O)CCN2CCCCC2=O)B(O)O)c(C)c1.O=C(CCN1CC(c2ccccc2)OC1=O)N[C@@H](Cc1coc2ccccc12)B(O)O.O=C(CCN1CCCOC1=O)N[C@@H](Cc1coc2ccccc12)B(O)O.O=C(CCN1CCOCC1=O)N[C@@H](Cc1coc2ccccc12)B(O)O. The first-order valence-corrected chi connectivity index (χ1v) is 36.1. The standard InChI is InChI=1S/C22H23BN2O6.C18H27BN2O4.2C17H21BN2O6/c26-21(10-11-25-13-19(31-22(25)27)15-6-2-1-3-7-15)24-20(23(28)29)12-16-14-30-18-9-5-4-8-17(16)18;1-13-6-7-15(14(2)11-13)12-16(19(24)25)20-17(22)8-10-21-9-4-3-5-18(21)23;21-16(6-8-20-7-3-9-25-17(20)22)19-15(18(23)24)10-12-11-26-14-5-2-1-4-13(12)14;21-16(5-6-20-7-8-25-11-17(20)22)19-15(18(23)24)9-12-10-26-14-4-2-1-3-13(12)14/h1-9,14,19-20,28-29H,10-13H2,(H,24,26);6-7,11,16,24-25H,3-5,8-10,12H2,1-2H3,(H,20,22);1-2,4-5,11,15,23-24H,3,6-10H2,(H,19,21);1-4,10,15,23-24H,5-9,11H2,(H,19,21)/t19?,20-;16-;2*15-/m0000/s1. The average molecular weight is 1490 g/mol. The van der Waals surface area contributed by atoms with Gasteiger partial charge in [-0.25, -0.2) is 9.59 Å². The number of ether oxygens (including phenoxy) is 3. The summed E-state index contributed by atoms with van der Waals surface area (Å²) < 4.78 is 31.7. The Hall–Kier alpha value is -10.0. The number of benzene rings is 5. The number of cyclic esters (lactones) is 2. The fourth-order valence-electron chi connectivity index (χ4n) is 12.8. The number of fused-ring (bicyclic) bond motifs is 3. The molecule has 0 bridgehead atoms. The summed E-state index contributed by atoms with van der Waals surface area (Å²) in [6.45, 7) is 7.99. The first kappa shape index (κ1) is 82.0. The summed E-state index contributed by atoms with van der Waals surface area (Å²) in [6.07, 6.45) is 7.88. The molecule has 0 saturated carbocycles. The van der Waals surface area contributed by atoms with Crippen molar-refractivity contribution >= 4 is 109 Å². The molecule has 0 aliphatic carbocycles. The van der Waals surface area contributed by atoms with Gasteiger partial charge in [0.25, 0.3) is 0 Å². The van der Waals surface area contributed by atoms with Gasteiger partial charge in [0.2, 0.25) is 35.4 Å². The molecule has 4 saturated heterocycles. The van der Waals surface area contributed by atoms with E-state index in [2.05, 4.69) is 21.3 Å². The highest BCUT2D eigenvalue weighted by atomic mass is 16.6. The van der Waals surface area contributed by atoms with Gasteiger partial charge in [0.15, 0.2) is 0 Å². The summed E-state index contributed by atoms with van der Waals surface area (Å²) in [5.41, 5.74) is 8.47. The molecule has 3 aromatic heterocycles. The number of hydrogen-bond acceptors (Lipinski definition) is 22. The van der Waals surface area contributed by atoms with Crippen molar-refractivity contribution in [3.05, 3.63) is 179 Å². The van der Waals surface area contributed by atoms with Gasteiger partial charge >= 0.3 is 40.7 Å².